The number of halogens is 1. The molecule has 33 heavy (non-hydrogen) atoms. The molecule has 9 heteroatoms. The fourth-order valence-electron chi connectivity index (χ4n) is 5.33. The summed E-state index contributed by atoms with van der Waals surface area (Å²) in [4.78, 5) is 41.7. The van der Waals surface area contributed by atoms with Gasteiger partial charge in [0, 0.05) is 36.2 Å². The van der Waals surface area contributed by atoms with Crippen LogP contribution < -0.4 is 21.5 Å². The minimum absolute atomic E-state index is 0.0490. The van der Waals surface area contributed by atoms with Gasteiger partial charge >= 0.3 is 11.8 Å². The number of nitrogens with one attached hydrogen (secondary N) is 2. The van der Waals surface area contributed by atoms with E-state index < -0.39 is 28.8 Å². The van der Waals surface area contributed by atoms with Crippen LogP contribution in [0.4, 0.5) is 14.9 Å². The van der Waals surface area contributed by atoms with Crippen LogP contribution in [0.15, 0.2) is 15.7 Å². The smallest absolute Gasteiger partial charge is 0.408 e. The van der Waals surface area contributed by atoms with Gasteiger partial charge in [-0.15, -0.1) is 0 Å². The topological polar surface area (TPSA) is 96.4 Å². The van der Waals surface area contributed by atoms with Gasteiger partial charge in [-0.05, 0) is 65.9 Å². The second-order valence-electron chi connectivity index (χ2n) is 10.8. The predicted octanol–water partition coefficient (Wildman–Crippen LogP) is 3.36. The minimum atomic E-state index is -0.567. The van der Waals surface area contributed by atoms with Crippen LogP contribution in [-0.2, 0) is 4.74 Å². The van der Waals surface area contributed by atoms with Crippen LogP contribution in [0.25, 0.3) is 10.9 Å². The monoisotopic (exact) mass is 458 g/mol. The van der Waals surface area contributed by atoms with E-state index in [1.54, 1.807) is 11.5 Å². The summed E-state index contributed by atoms with van der Waals surface area (Å²) < 4.78 is 22.4. The third-order valence-electron chi connectivity index (χ3n) is 7.12. The maximum Gasteiger partial charge on any atom is 0.408 e. The maximum absolute atomic E-state index is 15.3. The third-order valence-corrected chi connectivity index (χ3v) is 7.12. The number of nitrogens with zero attached hydrogens (tertiary/aromatic N) is 2. The van der Waals surface area contributed by atoms with Crippen molar-refractivity contribution >= 4 is 22.7 Å². The molecule has 2 aliphatic carbocycles. The molecule has 1 unspecified atom stereocenters. The molecule has 2 aromatic rings. The molecule has 2 heterocycles. The Morgan fingerprint density at radius 2 is 1.94 bits per heavy atom. The number of aromatic amines is 1. The van der Waals surface area contributed by atoms with Gasteiger partial charge in [0.1, 0.15) is 11.4 Å². The number of ether oxygens (including phenoxy) is 1. The van der Waals surface area contributed by atoms with E-state index in [1.807, 2.05) is 25.7 Å². The summed E-state index contributed by atoms with van der Waals surface area (Å²) in [7, 11) is 0. The Morgan fingerprint density at radius 3 is 2.55 bits per heavy atom. The molecule has 1 aromatic carbocycles. The molecule has 8 nitrogen and oxygen atoms in total. The first-order valence-electron chi connectivity index (χ1n) is 11.7. The van der Waals surface area contributed by atoms with Crippen LogP contribution in [0.5, 0.6) is 0 Å². The van der Waals surface area contributed by atoms with Crippen molar-refractivity contribution in [1.29, 1.82) is 0 Å². The van der Waals surface area contributed by atoms with Gasteiger partial charge in [-0.25, -0.2) is 14.0 Å². The number of amides is 1. The Kier molecular flexibility index (Phi) is 4.88. The Morgan fingerprint density at radius 1 is 1.24 bits per heavy atom. The summed E-state index contributed by atoms with van der Waals surface area (Å²) in [5.74, 6) is -0.290. The standard InChI is InChI=1S/C24H31FN4O4/c1-13-18-16(20(30)26-21(31)29(18)15-5-6-15)11-17(25)19(13)28-10-7-14(12-28)24(8-9-24)27-22(32)33-23(2,3)4/h11,14-15H,5-10,12H2,1-4H3,(H,27,32)(H,26,30,31). The molecule has 0 bridgehead atoms. The van der Waals surface area contributed by atoms with Crippen molar-refractivity contribution < 1.29 is 13.9 Å². The number of H-pyrrole nitrogens is 1. The molecule has 1 amide bonds. The summed E-state index contributed by atoms with van der Waals surface area (Å²) in [5, 5.41) is 3.28. The van der Waals surface area contributed by atoms with E-state index in [-0.39, 0.29) is 22.9 Å². The highest BCUT2D eigenvalue weighted by molar-refractivity contribution is 5.87. The number of benzene rings is 1. The highest BCUT2D eigenvalue weighted by atomic mass is 19.1. The number of hydrogen-bond acceptors (Lipinski definition) is 5. The fraction of sp³-hybridized carbons (Fsp3) is 0.625. The second-order valence-corrected chi connectivity index (χ2v) is 10.8. The van der Waals surface area contributed by atoms with E-state index in [1.165, 1.54) is 6.07 Å². The highest BCUT2D eigenvalue weighted by Crippen LogP contribution is 2.48. The summed E-state index contributed by atoms with van der Waals surface area (Å²) in [6, 6.07) is 1.31. The molecule has 178 valence electrons. The quantitative estimate of drug-likeness (QED) is 0.733. The van der Waals surface area contributed by atoms with Gasteiger partial charge in [0.15, 0.2) is 0 Å². The lowest BCUT2D eigenvalue weighted by Gasteiger charge is -2.28. The van der Waals surface area contributed by atoms with Crippen molar-refractivity contribution in [2.24, 2.45) is 5.92 Å². The van der Waals surface area contributed by atoms with Crippen LogP contribution in [0.3, 0.4) is 0 Å². The number of carbonyl (C=O) groups is 1. The Labute approximate surface area is 191 Å². The molecule has 3 aliphatic rings. The molecule has 1 aliphatic heterocycles. The van der Waals surface area contributed by atoms with Crippen LogP contribution in [0, 0.1) is 18.7 Å². The zero-order valence-electron chi connectivity index (χ0n) is 19.6. The number of aryl methyl sites for hydroxylation is 1. The zero-order chi connectivity index (χ0) is 23.7. The van der Waals surface area contributed by atoms with Gasteiger partial charge in [-0.1, -0.05) is 0 Å². The molecular weight excluding hydrogens is 427 g/mol. The molecule has 1 atom stereocenters. The predicted molar refractivity (Wildman–Crippen MR) is 123 cm³/mol. The average Bonchev–Trinajstić information content (AvgIpc) is 3.61. The van der Waals surface area contributed by atoms with Crippen LogP contribution in [0.1, 0.15) is 64.5 Å². The molecule has 1 saturated heterocycles. The van der Waals surface area contributed by atoms with E-state index in [0.29, 0.717) is 29.9 Å². The van der Waals surface area contributed by atoms with E-state index in [2.05, 4.69) is 10.3 Å². The van der Waals surface area contributed by atoms with Gasteiger partial charge in [0.25, 0.3) is 5.56 Å². The van der Waals surface area contributed by atoms with Crippen LogP contribution in [-0.4, -0.2) is 39.9 Å². The maximum atomic E-state index is 15.3. The van der Waals surface area contributed by atoms with E-state index in [4.69, 9.17) is 4.74 Å². The lowest BCUT2D eigenvalue weighted by molar-refractivity contribution is 0.0477. The van der Waals surface area contributed by atoms with Crippen LogP contribution >= 0.6 is 0 Å². The highest BCUT2D eigenvalue weighted by Gasteiger charge is 2.53. The lowest BCUT2D eigenvalue weighted by Crippen LogP contribution is -2.45. The number of rotatable bonds is 4. The molecule has 0 spiro atoms. The number of aromatic nitrogens is 2. The van der Waals surface area contributed by atoms with Crippen molar-refractivity contribution in [3.05, 3.63) is 38.3 Å². The second kappa shape index (κ2) is 7.33. The van der Waals surface area contributed by atoms with Gasteiger partial charge in [-0.3, -0.25) is 14.3 Å². The molecule has 1 aromatic heterocycles. The van der Waals surface area contributed by atoms with Crippen molar-refractivity contribution in [2.75, 3.05) is 18.0 Å². The Hall–Kier alpha value is -2.84. The number of carbonyl (C=O) groups excluding carboxylic acids is 1. The first-order valence-corrected chi connectivity index (χ1v) is 11.7. The average molecular weight is 459 g/mol. The first kappa shape index (κ1) is 22.0. The van der Waals surface area contributed by atoms with Gasteiger partial charge in [0.05, 0.1) is 16.6 Å². The lowest BCUT2D eigenvalue weighted by atomic mass is 9.96. The normalized spacial score (nSPS) is 22.0. The molecule has 0 radical (unpaired) electrons. The Bertz CT molecular complexity index is 1250. The minimum Gasteiger partial charge on any atom is -0.444 e. The van der Waals surface area contributed by atoms with Gasteiger partial charge < -0.3 is 15.0 Å². The summed E-state index contributed by atoms with van der Waals surface area (Å²) >= 11 is 0. The van der Waals surface area contributed by atoms with E-state index in [0.717, 1.165) is 32.1 Å². The number of alkyl carbamates (subject to hydrolysis) is 1. The van der Waals surface area contributed by atoms with Crippen molar-refractivity contribution in [2.45, 2.75) is 77.0 Å². The molecule has 5 rings (SSSR count). The largest absolute Gasteiger partial charge is 0.444 e. The molecular formula is C24H31FN4O4. The molecule has 3 fully saturated rings. The van der Waals surface area contributed by atoms with Crippen molar-refractivity contribution in [3.8, 4) is 0 Å². The summed E-state index contributed by atoms with van der Waals surface area (Å²) in [6.45, 7) is 8.53. The van der Waals surface area contributed by atoms with Crippen molar-refractivity contribution in [1.82, 2.24) is 14.9 Å². The molecule has 2 saturated carbocycles. The number of anilines is 1. The van der Waals surface area contributed by atoms with E-state index in [9.17, 15) is 14.4 Å². The Balaban J connectivity index is 1.45. The van der Waals surface area contributed by atoms with Crippen LogP contribution in [0.2, 0.25) is 0 Å². The van der Waals surface area contributed by atoms with Gasteiger partial charge in [0.2, 0.25) is 0 Å². The fourth-order valence-corrected chi connectivity index (χ4v) is 5.33. The first-order chi connectivity index (χ1) is 15.5. The zero-order valence-corrected chi connectivity index (χ0v) is 19.6. The van der Waals surface area contributed by atoms with E-state index >= 15 is 4.39 Å². The summed E-state index contributed by atoms with van der Waals surface area (Å²) in [6.07, 6.45) is 3.90. The molecule has 2 N–H and O–H groups in total. The van der Waals surface area contributed by atoms with Crippen molar-refractivity contribution in [3.63, 3.8) is 0 Å². The number of hydrogen-bond donors (Lipinski definition) is 2. The SMILES string of the molecule is Cc1c(N2CCC(C3(NC(=O)OC(C)(C)C)CC3)C2)c(F)cc2c(=O)[nH]c(=O)n(C3CC3)c12. The number of fused-ring (bicyclic) bond motifs is 1. The summed E-state index contributed by atoms with van der Waals surface area (Å²) in [5.41, 5.74) is -0.289. The van der Waals surface area contributed by atoms with Gasteiger partial charge in [-0.2, -0.15) is 0 Å². The third kappa shape index (κ3) is 3.91.